The van der Waals surface area contributed by atoms with E-state index in [1.807, 2.05) is 30.1 Å². The Labute approximate surface area is 113 Å². The predicted molar refractivity (Wildman–Crippen MR) is 71.2 cm³/mol. The molecule has 4 heteroatoms. The lowest BCUT2D eigenvalue weighted by Gasteiger charge is -2.25. The van der Waals surface area contributed by atoms with Gasteiger partial charge in [-0.05, 0) is 43.9 Å². The van der Waals surface area contributed by atoms with Crippen molar-refractivity contribution < 1.29 is 14.3 Å². The number of fused-ring (bicyclic) bond motifs is 1. The van der Waals surface area contributed by atoms with Gasteiger partial charge in [0, 0.05) is 19.0 Å². The van der Waals surface area contributed by atoms with Crippen LogP contribution in [0.1, 0.15) is 25.3 Å². The van der Waals surface area contributed by atoms with Gasteiger partial charge in [-0.15, -0.1) is 0 Å². The Morgan fingerprint density at radius 3 is 2.84 bits per heavy atom. The van der Waals surface area contributed by atoms with Crippen LogP contribution in [-0.4, -0.2) is 30.7 Å². The molecular weight excluding hydrogens is 242 g/mol. The van der Waals surface area contributed by atoms with E-state index in [-0.39, 0.29) is 17.9 Å². The zero-order valence-electron chi connectivity index (χ0n) is 11.4. The highest BCUT2D eigenvalue weighted by Crippen LogP contribution is 2.34. The molecule has 2 aliphatic rings. The van der Waals surface area contributed by atoms with Gasteiger partial charge in [0.15, 0.2) is 11.5 Å². The summed E-state index contributed by atoms with van der Waals surface area (Å²) >= 11 is 0. The summed E-state index contributed by atoms with van der Waals surface area (Å²) in [5.74, 6) is 2.18. The lowest BCUT2D eigenvalue weighted by atomic mass is 10.1. The maximum Gasteiger partial charge on any atom is 0.231 e. The Kier molecular flexibility index (Phi) is 3.09. The Morgan fingerprint density at radius 2 is 2.11 bits per heavy atom. The topological polar surface area (TPSA) is 38.8 Å². The summed E-state index contributed by atoms with van der Waals surface area (Å²) in [6.45, 7) is 2.39. The van der Waals surface area contributed by atoms with Crippen molar-refractivity contribution in [1.82, 2.24) is 4.90 Å². The standard InChI is InChI=1S/C15H19NO3/c1-10(16(2)15(17)12-4-5-12)7-11-3-6-13-14(8-11)19-9-18-13/h3,6,8,10,12H,4-5,7,9H2,1-2H3. The maximum absolute atomic E-state index is 12.0. The van der Waals surface area contributed by atoms with E-state index in [9.17, 15) is 4.79 Å². The summed E-state index contributed by atoms with van der Waals surface area (Å²) < 4.78 is 10.7. The van der Waals surface area contributed by atoms with Gasteiger partial charge in [-0.2, -0.15) is 0 Å². The van der Waals surface area contributed by atoms with Crippen molar-refractivity contribution in [3.63, 3.8) is 0 Å². The van der Waals surface area contributed by atoms with E-state index < -0.39 is 0 Å². The van der Waals surface area contributed by atoms with Crippen LogP contribution < -0.4 is 9.47 Å². The third-order valence-electron chi connectivity index (χ3n) is 3.90. The van der Waals surface area contributed by atoms with Gasteiger partial charge in [0.2, 0.25) is 12.7 Å². The fourth-order valence-electron chi connectivity index (χ4n) is 2.38. The molecule has 0 saturated heterocycles. The molecular formula is C15H19NO3. The van der Waals surface area contributed by atoms with E-state index in [0.29, 0.717) is 6.79 Å². The summed E-state index contributed by atoms with van der Waals surface area (Å²) in [4.78, 5) is 13.9. The summed E-state index contributed by atoms with van der Waals surface area (Å²) in [6, 6.07) is 6.19. The molecule has 0 N–H and O–H groups in total. The molecule has 0 aromatic heterocycles. The first-order valence-electron chi connectivity index (χ1n) is 6.80. The molecule has 0 spiro atoms. The Hall–Kier alpha value is -1.71. The first kappa shape index (κ1) is 12.3. The van der Waals surface area contributed by atoms with Crippen LogP contribution in [-0.2, 0) is 11.2 Å². The fourth-order valence-corrected chi connectivity index (χ4v) is 2.38. The third kappa shape index (κ3) is 2.53. The first-order valence-corrected chi connectivity index (χ1v) is 6.80. The minimum Gasteiger partial charge on any atom is -0.454 e. The normalized spacial score (nSPS) is 18.2. The minimum atomic E-state index is 0.202. The zero-order valence-corrected chi connectivity index (χ0v) is 11.4. The van der Waals surface area contributed by atoms with E-state index in [4.69, 9.17) is 9.47 Å². The molecule has 1 fully saturated rings. The monoisotopic (exact) mass is 261 g/mol. The molecule has 1 heterocycles. The minimum absolute atomic E-state index is 0.202. The number of hydrogen-bond donors (Lipinski definition) is 0. The predicted octanol–water partition coefficient (Wildman–Crippen LogP) is 2.21. The lowest BCUT2D eigenvalue weighted by molar-refractivity contribution is -0.132. The van der Waals surface area contributed by atoms with Crippen molar-refractivity contribution >= 4 is 5.91 Å². The third-order valence-corrected chi connectivity index (χ3v) is 3.90. The second kappa shape index (κ2) is 4.76. The Morgan fingerprint density at radius 1 is 1.37 bits per heavy atom. The largest absolute Gasteiger partial charge is 0.454 e. The van der Waals surface area contributed by atoms with Gasteiger partial charge >= 0.3 is 0 Å². The van der Waals surface area contributed by atoms with Gasteiger partial charge in [0.05, 0.1) is 0 Å². The summed E-state index contributed by atoms with van der Waals surface area (Å²) in [7, 11) is 1.90. The number of amides is 1. The van der Waals surface area contributed by atoms with E-state index in [2.05, 4.69) is 6.92 Å². The molecule has 19 heavy (non-hydrogen) atoms. The lowest BCUT2D eigenvalue weighted by Crippen LogP contribution is -2.37. The van der Waals surface area contributed by atoms with Crippen LogP contribution in [0.15, 0.2) is 18.2 Å². The van der Waals surface area contributed by atoms with Crippen LogP contribution in [0.25, 0.3) is 0 Å². The van der Waals surface area contributed by atoms with Gasteiger partial charge in [0.25, 0.3) is 0 Å². The number of benzene rings is 1. The molecule has 1 atom stereocenters. The molecule has 1 amide bonds. The van der Waals surface area contributed by atoms with Crippen molar-refractivity contribution in [2.45, 2.75) is 32.2 Å². The molecule has 1 aliphatic heterocycles. The van der Waals surface area contributed by atoms with E-state index in [1.165, 1.54) is 5.56 Å². The van der Waals surface area contributed by atoms with Crippen LogP contribution in [0.4, 0.5) is 0 Å². The number of carbonyl (C=O) groups excluding carboxylic acids is 1. The summed E-state index contributed by atoms with van der Waals surface area (Å²) in [6.07, 6.45) is 2.95. The molecule has 4 nitrogen and oxygen atoms in total. The number of rotatable bonds is 4. The quantitative estimate of drug-likeness (QED) is 0.834. The van der Waals surface area contributed by atoms with E-state index in [1.54, 1.807) is 0 Å². The van der Waals surface area contributed by atoms with Crippen LogP contribution in [0.2, 0.25) is 0 Å². The van der Waals surface area contributed by atoms with Gasteiger partial charge in [-0.3, -0.25) is 4.79 Å². The number of likely N-dealkylation sites (N-methyl/N-ethyl adjacent to an activating group) is 1. The molecule has 0 radical (unpaired) electrons. The van der Waals surface area contributed by atoms with Crippen molar-refractivity contribution in [3.8, 4) is 11.5 Å². The molecule has 102 valence electrons. The van der Waals surface area contributed by atoms with Gasteiger partial charge in [-0.1, -0.05) is 6.07 Å². The number of hydrogen-bond acceptors (Lipinski definition) is 3. The highest BCUT2D eigenvalue weighted by molar-refractivity contribution is 5.81. The van der Waals surface area contributed by atoms with Gasteiger partial charge < -0.3 is 14.4 Å². The van der Waals surface area contributed by atoms with Crippen molar-refractivity contribution in [3.05, 3.63) is 23.8 Å². The van der Waals surface area contributed by atoms with Crippen LogP contribution in [0.5, 0.6) is 11.5 Å². The van der Waals surface area contributed by atoms with Crippen molar-refractivity contribution in [1.29, 1.82) is 0 Å². The second-order valence-corrected chi connectivity index (χ2v) is 5.46. The number of nitrogens with zero attached hydrogens (tertiary/aromatic N) is 1. The molecule has 1 aromatic carbocycles. The Bertz CT molecular complexity index is 496. The highest BCUT2D eigenvalue weighted by atomic mass is 16.7. The van der Waals surface area contributed by atoms with Crippen molar-refractivity contribution in [2.24, 2.45) is 5.92 Å². The molecule has 1 unspecified atom stereocenters. The highest BCUT2D eigenvalue weighted by Gasteiger charge is 2.33. The molecule has 3 rings (SSSR count). The molecule has 0 bridgehead atoms. The van der Waals surface area contributed by atoms with Gasteiger partial charge in [0.1, 0.15) is 0 Å². The Balaban J connectivity index is 1.65. The average Bonchev–Trinajstić information content (AvgIpc) is 3.15. The summed E-state index contributed by atoms with van der Waals surface area (Å²) in [5.41, 5.74) is 1.17. The molecule has 1 aromatic rings. The first-order chi connectivity index (χ1) is 9.15. The van der Waals surface area contributed by atoms with Crippen LogP contribution in [0, 0.1) is 5.92 Å². The fraction of sp³-hybridized carbons (Fsp3) is 0.533. The second-order valence-electron chi connectivity index (χ2n) is 5.46. The van der Waals surface area contributed by atoms with Crippen molar-refractivity contribution in [2.75, 3.05) is 13.8 Å². The van der Waals surface area contributed by atoms with E-state index in [0.717, 1.165) is 30.8 Å². The van der Waals surface area contributed by atoms with Crippen LogP contribution in [0.3, 0.4) is 0 Å². The summed E-state index contributed by atoms with van der Waals surface area (Å²) in [5, 5.41) is 0. The molecule has 1 aliphatic carbocycles. The SMILES string of the molecule is CC(Cc1ccc2c(c1)OCO2)N(C)C(=O)C1CC1. The number of ether oxygens (including phenoxy) is 2. The van der Waals surface area contributed by atoms with Gasteiger partial charge in [-0.25, -0.2) is 0 Å². The average molecular weight is 261 g/mol. The van der Waals surface area contributed by atoms with E-state index >= 15 is 0 Å². The maximum atomic E-state index is 12.0. The van der Waals surface area contributed by atoms with Crippen LogP contribution >= 0.6 is 0 Å². The zero-order chi connectivity index (χ0) is 13.4. The number of carbonyl (C=O) groups is 1. The molecule has 1 saturated carbocycles. The smallest absolute Gasteiger partial charge is 0.231 e.